The Morgan fingerprint density at radius 3 is 1.08 bits per heavy atom. The van der Waals surface area contributed by atoms with Crippen molar-refractivity contribution >= 4 is 57.8 Å². The zero-order chi connectivity index (χ0) is 43.4. The fourth-order valence-corrected chi connectivity index (χ4v) is 8.79. The van der Waals surface area contributed by atoms with E-state index in [0.29, 0.717) is 9.79 Å². The number of hydrogen-bond donors (Lipinski definition) is 2. The minimum absolute atomic E-state index is 0.00760. The van der Waals surface area contributed by atoms with Crippen molar-refractivity contribution in [3.8, 4) is 0 Å². The molecule has 308 valence electrons. The van der Waals surface area contributed by atoms with E-state index in [1.54, 1.807) is 12.1 Å². The predicted molar refractivity (Wildman–Crippen MR) is 228 cm³/mol. The fourth-order valence-electron chi connectivity index (χ4n) is 6.88. The maximum absolute atomic E-state index is 15.3. The molecule has 0 spiro atoms. The van der Waals surface area contributed by atoms with Gasteiger partial charge < -0.3 is 10.6 Å². The van der Waals surface area contributed by atoms with Gasteiger partial charge in [0.15, 0.2) is 11.6 Å². The van der Waals surface area contributed by atoms with Gasteiger partial charge in [-0.1, -0.05) is 101 Å². The third-order valence-corrected chi connectivity index (χ3v) is 12.2. The van der Waals surface area contributed by atoms with Crippen molar-refractivity contribution in [2.45, 2.75) is 84.3 Å². The quantitative estimate of drug-likeness (QED) is 0.149. The molecule has 7 rings (SSSR count). The lowest BCUT2D eigenvalue weighted by atomic mass is 9.82. The van der Waals surface area contributed by atoms with Crippen LogP contribution < -0.4 is 10.6 Å². The highest BCUT2D eigenvalue weighted by Crippen LogP contribution is 2.47. The number of anilines is 4. The summed E-state index contributed by atoms with van der Waals surface area (Å²) in [5.74, 6) is -1.16. The Labute approximate surface area is 353 Å². The third-order valence-electron chi connectivity index (χ3n) is 10.1. The second kappa shape index (κ2) is 15.9. The summed E-state index contributed by atoms with van der Waals surface area (Å²) in [6.07, 6.45) is -9.31. The molecule has 6 aromatic carbocycles. The lowest BCUT2D eigenvalue weighted by Gasteiger charge is -2.27. The molecular formula is C48H40F6N2O2S2. The van der Waals surface area contributed by atoms with Gasteiger partial charge in [0.2, 0.25) is 0 Å². The number of ketones is 2. The van der Waals surface area contributed by atoms with Gasteiger partial charge in [0.1, 0.15) is 0 Å². The van der Waals surface area contributed by atoms with E-state index in [1.807, 2.05) is 48.5 Å². The smallest absolute Gasteiger partial charge is 0.355 e. The fraction of sp³-hybridized carbons (Fsp3) is 0.208. The zero-order valence-corrected chi connectivity index (χ0v) is 35.1. The molecule has 0 aliphatic heterocycles. The number of fused-ring (bicyclic) bond motifs is 2. The number of nitrogens with one attached hydrogen (secondary N) is 2. The van der Waals surface area contributed by atoms with Crippen molar-refractivity contribution in [2.24, 2.45) is 0 Å². The minimum Gasteiger partial charge on any atom is -0.355 e. The first-order valence-corrected chi connectivity index (χ1v) is 20.6. The van der Waals surface area contributed by atoms with E-state index in [0.717, 1.165) is 45.2 Å². The number of rotatable bonds is 8. The predicted octanol–water partition coefficient (Wildman–Crippen LogP) is 14.9. The first-order chi connectivity index (χ1) is 28.1. The first-order valence-electron chi connectivity index (χ1n) is 19.0. The monoisotopic (exact) mass is 854 g/mol. The van der Waals surface area contributed by atoms with Gasteiger partial charge in [-0.2, -0.15) is 26.3 Å². The van der Waals surface area contributed by atoms with E-state index in [2.05, 4.69) is 52.2 Å². The Bertz CT molecular complexity index is 2440. The molecule has 60 heavy (non-hydrogen) atoms. The van der Waals surface area contributed by atoms with E-state index in [4.69, 9.17) is 0 Å². The van der Waals surface area contributed by atoms with Crippen molar-refractivity contribution in [1.29, 1.82) is 0 Å². The van der Waals surface area contributed by atoms with Gasteiger partial charge in [-0.15, -0.1) is 0 Å². The second-order valence-electron chi connectivity index (χ2n) is 16.5. The van der Waals surface area contributed by atoms with Crippen molar-refractivity contribution in [3.05, 3.63) is 166 Å². The van der Waals surface area contributed by atoms with Crippen molar-refractivity contribution in [3.63, 3.8) is 0 Å². The summed E-state index contributed by atoms with van der Waals surface area (Å²) in [7, 11) is 0. The molecule has 1 aliphatic rings. The molecule has 0 unspecified atom stereocenters. The van der Waals surface area contributed by atoms with Crippen molar-refractivity contribution in [1.82, 2.24) is 0 Å². The van der Waals surface area contributed by atoms with Gasteiger partial charge in [-0.25, -0.2) is 0 Å². The normalized spacial score (nSPS) is 13.2. The average molecular weight is 855 g/mol. The summed E-state index contributed by atoms with van der Waals surface area (Å²) in [5, 5.41) is 5.89. The minimum atomic E-state index is -4.65. The topological polar surface area (TPSA) is 58.2 Å². The van der Waals surface area contributed by atoms with Gasteiger partial charge in [-0.05, 0) is 107 Å². The number of carbonyl (C=O) groups is 2. The van der Waals surface area contributed by atoms with Crippen LogP contribution >= 0.6 is 23.5 Å². The zero-order valence-electron chi connectivity index (χ0n) is 33.4. The lowest BCUT2D eigenvalue weighted by Crippen LogP contribution is -2.25. The Balaban J connectivity index is 1.41. The van der Waals surface area contributed by atoms with Crippen molar-refractivity contribution < 1.29 is 35.9 Å². The largest absolute Gasteiger partial charge is 0.416 e. The van der Waals surface area contributed by atoms with Gasteiger partial charge in [0.05, 0.1) is 33.6 Å². The second-order valence-corrected chi connectivity index (χ2v) is 18.8. The standard InChI is InChI=1S/C48H40F6N2O2S2/c1-45(2,3)27-13-17-33(18-14-27)59-37-23-24-38(60-34-19-15-28(16-20-34)46(4,5)6)42-41(37)43(57)39-35(55-31-11-7-9-29(25-31)47(49,50)51)21-22-36(40(39)44(42)58)56-32-12-8-10-30(26-32)48(52,53)54/h7-26,55-56H,1-6H3. The van der Waals surface area contributed by atoms with E-state index >= 15 is 9.59 Å². The molecule has 0 bridgehead atoms. The van der Waals surface area contributed by atoms with E-state index < -0.39 is 35.0 Å². The summed E-state index contributed by atoms with van der Waals surface area (Å²) < 4.78 is 82.7. The molecule has 0 heterocycles. The van der Waals surface area contributed by atoms with E-state index in [-0.39, 0.29) is 55.8 Å². The SMILES string of the molecule is CC(C)(C)c1ccc(Sc2ccc(Sc3ccc(C(C)(C)C)cc3)c3c2C(=O)c2c(Nc4cccc(C(F)(F)F)c4)ccc(Nc4cccc(C(F)(F)F)c4)c2C3=O)cc1. The third kappa shape index (κ3) is 9.00. The number of halogens is 6. The van der Waals surface area contributed by atoms with Crippen LogP contribution in [0, 0.1) is 0 Å². The van der Waals surface area contributed by atoms with Crippen LogP contribution in [0.3, 0.4) is 0 Å². The average Bonchev–Trinajstić information content (AvgIpc) is 3.17. The molecule has 2 N–H and O–H groups in total. The maximum Gasteiger partial charge on any atom is 0.416 e. The molecule has 0 aromatic heterocycles. The molecule has 0 amide bonds. The van der Waals surface area contributed by atoms with Crippen LogP contribution in [0.25, 0.3) is 0 Å². The molecule has 0 atom stereocenters. The van der Waals surface area contributed by atoms with Gasteiger partial charge >= 0.3 is 12.4 Å². The molecule has 0 radical (unpaired) electrons. The molecule has 0 fully saturated rings. The highest BCUT2D eigenvalue weighted by Gasteiger charge is 2.39. The van der Waals surface area contributed by atoms with E-state index in [1.165, 1.54) is 59.9 Å². The van der Waals surface area contributed by atoms with Crippen LogP contribution in [0.2, 0.25) is 0 Å². The Hall–Kier alpha value is -5.46. The Kier molecular flexibility index (Phi) is 11.3. The number of alkyl halides is 6. The van der Waals surface area contributed by atoms with Crippen LogP contribution in [0.5, 0.6) is 0 Å². The maximum atomic E-state index is 15.3. The summed E-state index contributed by atoms with van der Waals surface area (Å²) >= 11 is 2.59. The van der Waals surface area contributed by atoms with E-state index in [9.17, 15) is 26.3 Å². The molecule has 0 saturated carbocycles. The highest BCUT2D eigenvalue weighted by atomic mass is 32.2. The van der Waals surface area contributed by atoms with Gasteiger partial charge in [0, 0.05) is 42.1 Å². The lowest BCUT2D eigenvalue weighted by molar-refractivity contribution is -0.138. The first kappa shape index (κ1) is 42.7. The van der Waals surface area contributed by atoms with Crippen LogP contribution in [-0.2, 0) is 23.2 Å². The Morgan fingerprint density at radius 2 is 0.767 bits per heavy atom. The summed E-state index contributed by atoms with van der Waals surface area (Å²) in [6, 6.07) is 31.1. The summed E-state index contributed by atoms with van der Waals surface area (Å²) in [6.45, 7) is 12.6. The molecule has 6 aromatic rings. The summed E-state index contributed by atoms with van der Waals surface area (Å²) in [5.41, 5.74) is 0.183. The van der Waals surface area contributed by atoms with Gasteiger partial charge in [-0.3, -0.25) is 9.59 Å². The van der Waals surface area contributed by atoms with Crippen LogP contribution in [-0.4, -0.2) is 11.6 Å². The van der Waals surface area contributed by atoms with Crippen LogP contribution in [0.1, 0.15) is 95.6 Å². The highest BCUT2D eigenvalue weighted by molar-refractivity contribution is 8.00. The molecule has 1 aliphatic carbocycles. The van der Waals surface area contributed by atoms with Crippen molar-refractivity contribution in [2.75, 3.05) is 10.6 Å². The summed E-state index contributed by atoms with van der Waals surface area (Å²) in [4.78, 5) is 33.1. The molecular weight excluding hydrogens is 815 g/mol. The van der Waals surface area contributed by atoms with Crippen LogP contribution in [0.4, 0.5) is 49.1 Å². The Morgan fingerprint density at radius 1 is 0.417 bits per heavy atom. The number of benzene rings is 6. The number of carbonyl (C=O) groups excluding carboxylic acids is 2. The van der Waals surface area contributed by atoms with Crippen LogP contribution in [0.15, 0.2) is 141 Å². The molecule has 12 heteroatoms. The molecule has 4 nitrogen and oxygen atoms in total. The molecule has 0 saturated heterocycles. The van der Waals surface area contributed by atoms with Gasteiger partial charge in [0.25, 0.3) is 0 Å². The number of hydrogen-bond acceptors (Lipinski definition) is 6.